The number of ether oxygens (including phenoxy) is 1. The molecule has 1 amide bonds. The normalized spacial score (nSPS) is 13.4. The fourth-order valence-corrected chi connectivity index (χ4v) is 5.41. The molecule has 0 aromatic heterocycles. The number of anilines is 2. The molecule has 0 saturated heterocycles. The van der Waals surface area contributed by atoms with Crippen molar-refractivity contribution in [1.82, 2.24) is 0 Å². The van der Waals surface area contributed by atoms with Gasteiger partial charge in [-0.25, -0.2) is 8.42 Å². The molecule has 8 heteroatoms. The summed E-state index contributed by atoms with van der Waals surface area (Å²) in [5.41, 5.74) is 2.24. The highest BCUT2D eigenvalue weighted by Gasteiger charge is 2.31. The van der Waals surface area contributed by atoms with E-state index in [-0.39, 0.29) is 17.3 Å². The summed E-state index contributed by atoms with van der Waals surface area (Å²) in [6.45, 7) is 0.199. The maximum Gasteiger partial charge on any atom is 0.264 e. The molecule has 0 bridgehead atoms. The van der Waals surface area contributed by atoms with Gasteiger partial charge >= 0.3 is 0 Å². The second-order valence-corrected chi connectivity index (χ2v) is 9.74. The number of sulfonamides is 1. The molecule has 3 aromatic carbocycles. The molecule has 0 N–H and O–H groups in total. The lowest BCUT2D eigenvalue weighted by atomic mass is 10.0. The summed E-state index contributed by atoms with van der Waals surface area (Å²) in [4.78, 5) is 15.1. The van der Waals surface area contributed by atoms with Crippen molar-refractivity contribution in [2.75, 3.05) is 29.4 Å². The number of nitrogens with zero attached hydrogens (tertiary/aromatic N) is 2. The van der Waals surface area contributed by atoms with Crippen LogP contribution in [-0.4, -0.2) is 34.5 Å². The van der Waals surface area contributed by atoms with Gasteiger partial charge in [0.05, 0.1) is 17.7 Å². The third-order valence-corrected chi connectivity index (χ3v) is 7.46. The van der Waals surface area contributed by atoms with Crippen molar-refractivity contribution in [3.8, 4) is 5.75 Å². The molecule has 6 nitrogen and oxygen atoms in total. The van der Waals surface area contributed by atoms with Gasteiger partial charge in [-0.2, -0.15) is 0 Å². The van der Waals surface area contributed by atoms with E-state index in [4.69, 9.17) is 16.3 Å². The highest BCUT2D eigenvalue weighted by atomic mass is 35.5. The summed E-state index contributed by atoms with van der Waals surface area (Å²) < 4.78 is 33.4. The largest absolute Gasteiger partial charge is 0.497 e. The van der Waals surface area contributed by atoms with Crippen LogP contribution >= 0.6 is 11.6 Å². The number of benzene rings is 3. The van der Waals surface area contributed by atoms with Crippen LogP contribution in [0.4, 0.5) is 11.4 Å². The quantitative estimate of drug-likeness (QED) is 0.531. The number of carbonyl (C=O) groups excluding carboxylic acids is 1. The summed E-state index contributed by atoms with van der Waals surface area (Å²) in [5.74, 6) is 0.244. The van der Waals surface area contributed by atoms with E-state index in [2.05, 4.69) is 0 Å². The zero-order valence-electron chi connectivity index (χ0n) is 17.6. The number of carbonyl (C=O) groups is 1. The Hall–Kier alpha value is -3.03. The van der Waals surface area contributed by atoms with Crippen molar-refractivity contribution in [3.05, 3.63) is 83.4 Å². The van der Waals surface area contributed by atoms with E-state index < -0.39 is 10.0 Å². The van der Waals surface area contributed by atoms with E-state index in [1.807, 2.05) is 24.3 Å². The molecule has 3 aromatic rings. The first kappa shape index (κ1) is 22.2. The average Bonchev–Trinajstić information content (AvgIpc) is 2.82. The summed E-state index contributed by atoms with van der Waals surface area (Å²) >= 11 is 6.14. The Morgan fingerprint density at radius 3 is 2.53 bits per heavy atom. The molecular weight excluding hydrogens is 448 g/mol. The zero-order valence-corrected chi connectivity index (χ0v) is 19.1. The van der Waals surface area contributed by atoms with E-state index in [0.29, 0.717) is 23.0 Å². The molecule has 0 fully saturated rings. The molecule has 1 aliphatic rings. The summed E-state index contributed by atoms with van der Waals surface area (Å²) in [6.07, 6.45) is 1.72. The maximum atomic E-state index is 13.6. The minimum Gasteiger partial charge on any atom is -0.497 e. The predicted molar refractivity (Wildman–Crippen MR) is 126 cm³/mol. The number of hydrogen-bond donors (Lipinski definition) is 0. The molecule has 166 valence electrons. The number of fused-ring (bicyclic) bond motifs is 1. The topological polar surface area (TPSA) is 66.9 Å². The Labute approximate surface area is 193 Å². The fourth-order valence-electron chi connectivity index (χ4n) is 3.82. The van der Waals surface area contributed by atoms with Crippen LogP contribution in [0.2, 0.25) is 5.02 Å². The number of rotatable bonds is 6. The van der Waals surface area contributed by atoms with Gasteiger partial charge in [-0.3, -0.25) is 9.10 Å². The second kappa shape index (κ2) is 9.22. The summed E-state index contributed by atoms with van der Waals surface area (Å²) in [7, 11) is -2.52. The number of methoxy groups -OCH3 is 1. The van der Waals surface area contributed by atoms with Gasteiger partial charge in [0.15, 0.2) is 0 Å². The number of para-hydroxylation sites is 1. The van der Waals surface area contributed by atoms with E-state index in [9.17, 15) is 13.2 Å². The van der Waals surface area contributed by atoms with Gasteiger partial charge in [0, 0.05) is 17.3 Å². The summed E-state index contributed by atoms with van der Waals surface area (Å²) in [5, 5.41) is 0.383. The molecule has 0 saturated carbocycles. The highest BCUT2D eigenvalue weighted by molar-refractivity contribution is 7.92. The van der Waals surface area contributed by atoms with Crippen molar-refractivity contribution < 1.29 is 17.9 Å². The van der Waals surface area contributed by atoms with Crippen LogP contribution in [0, 0.1) is 0 Å². The van der Waals surface area contributed by atoms with Crippen LogP contribution in [0.3, 0.4) is 0 Å². The number of amides is 1. The second-order valence-electron chi connectivity index (χ2n) is 7.44. The molecule has 0 atom stereocenters. The molecule has 0 aliphatic carbocycles. The molecule has 1 heterocycles. The highest BCUT2D eigenvalue weighted by Crippen LogP contribution is 2.30. The third kappa shape index (κ3) is 4.45. The van der Waals surface area contributed by atoms with E-state index in [1.54, 1.807) is 41.3 Å². The van der Waals surface area contributed by atoms with Crippen LogP contribution < -0.4 is 13.9 Å². The van der Waals surface area contributed by atoms with Crippen LogP contribution in [-0.2, 0) is 21.2 Å². The van der Waals surface area contributed by atoms with E-state index in [0.717, 1.165) is 28.4 Å². The van der Waals surface area contributed by atoms with Gasteiger partial charge in [-0.05, 0) is 66.9 Å². The first-order chi connectivity index (χ1) is 15.4. The van der Waals surface area contributed by atoms with Crippen LogP contribution in [0.5, 0.6) is 5.75 Å². The Balaban J connectivity index is 1.71. The lowest BCUT2D eigenvalue weighted by molar-refractivity contribution is -0.117. The van der Waals surface area contributed by atoms with Crippen molar-refractivity contribution in [2.24, 2.45) is 0 Å². The molecule has 32 heavy (non-hydrogen) atoms. The predicted octanol–water partition coefficient (Wildman–Crippen LogP) is 4.52. The zero-order chi connectivity index (χ0) is 22.7. The van der Waals surface area contributed by atoms with Gasteiger partial charge in [0.2, 0.25) is 5.91 Å². The Kier molecular flexibility index (Phi) is 6.39. The Bertz CT molecular complexity index is 1230. The monoisotopic (exact) mass is 470 g/mol. The van der Waals surface area contributed by atoms with Crippen LogP contribution in [0.15, 0.2) is 77.7 Å². The van der Waals surface area contributed by atoms with Crippen LogP contribution in [0.1, 0.15) is 12.0 Å². The first-order valence-corrected chi connectivity index (χ1v) is 12.0. The third-order valence-electron chi connectivity index (χ3n) is 5.43. The lowest BCUT2D eigenvalue weighted by Crippen LogP contribution is -2.45. The van der Waals surface area contributed by atoms with Crippen molar-refractivity contribution in [1.29, 1.82) is 0 Å². The number of aryl methyl sites for hydroxylation is 1. The average molecular weight is 471 g/mol. The van der Waals surface area contributed by atoms with Gasteiger partial charge < -0.3 is 9.64 Å². The fraction of sp³-hybridized carbons (Fsp3) is 0.208. The molecule has 4 rings (SSSR count). The molecule has 0 radical (unpaired) electrons. The summed E-state index contributed by atoms with van der Waals surface area (Å²) in [6, 6.07) is 20.3. The maximum absolute atomic E-state index is 13.6. The molecule has 0 spiro atoms. The lowest BCUT2D eigenvalue weighted by Gasteiger charge is -2.32. The molecule has 1 aliphatic heterocycles. The first-order valence-electron chi connectivity index (χ1n) is 10.2. The van der Waals surface area contributed by atoms with Crippen molar-refractivity contribution >= 4 is 38.9 Å². The van der Waals surface area contributed by atoms with Crippen molar-refractivity contribution in [3.63, 3.8) is 0 Å². The standard InChI is InChI=1S/C24H23ClN2O4S/c1-31-21-11-13-22(14-12-21)32(29,30)27(20-9-4-8-19(25)16-20)17-24(28)26-15-5-7-18-6-2-3-10-23(18)26/h2-4,6,8-14,16H,5,7,15,17H2,1H3. The Morgan fingerprint density at radius 1 is 1.06 bits per heavy atom. The van der Waals surface area contributed by atoms with Gasteiger partial charge in [0.1, 0.15) is 12.3 Å². The smallest absolute Gasteiger partial charge is 0.264 e. The van der Waals surface area contributed by atoms with E-state index >= 15 is 0 Å². The van der Waals surface area contributed by atoms with Gasteiger partial charge in [-0.15, -0.1) is 0 Å². The minimum absolute atomic E-state index is 0.0603. The minimum atomic E-state index is -4.04. The van der Waals surface area contributed by atoms with Gasteiger partial charge in [-0.1, -0.05) is 35.9 Å². The molecular formula is C24H23ClN2O4S. The SMILES string of the molecule is COc1ccc(S(=O)(=O)N(CC(=O)N2CCCc3ccccc32)c2cccc(Cl)c2)cc1. The number of hydrogen-bond acceptors (Lipinski definition) is 4. The van der Waals surface area contributed by atoms with E-state index in [1.165, 1.54) is 19.2 Å². The van der Waals surface area contributed by atoms with Gasteiger partial charge in [0.25, 0.3) is 10.0 Å². The van der Waals surface area contributed by atoms with Crippen LogP contribution in [0.25, 0.3) is 0 Å². The Morgan fingerprint density at radius 2 is 1.81 bits per heavy atom. The number of halogens is 1. The molecule has 0 unspecified atom stereocenters. The van der Waals surface area contributed by atoms with Crippen molar-refractivity contribution in [2.45, 2.75) is 17.7 Å².